The second kappa shape index (κ2) is 8.34. The third-order valence-electron chi connectivity index (χ3n) is 5.46. The standard InChI is InChI=1S/C18H29N5O2/c1-5-13(6-2)15(23-9-7-8-10-23)12-20-16-14(11-19)17(24)22(4)18(25)21(16)3/h13,15,20H,5-10,12H2,1-4H3/t15-/m0/s1. The number of rotatable bonds is 7. The Balaban J connectivity index is 2.33. The molecule has 1 N–H and O–H groups in total. The topological polar surface area (TPSA) is 83.1 Å². The van der Waals surface area contributed by atoms with E-state index < -0.39 is 11.2 Å². The Morgan fingerprint density at radius 2 is 1.72 bits per heavy atom. The van der Waals surface area contributed by atoms with Gasteiger partial charge in [0, 0.05) is 26.7 Å². The molecule has 0 unspecified atom stereocenters. The second-order valence-corrected chi connectivity index (χ2v) is 6.81. The van der Waals surface area contributed by atoms with Crippen molar-refractivity contribution in [3.63, 3.8) is 0 Å². The summed E-state index contributed by atoms with van der Waals surface area (Å²) in [5.41, 5.74) is -0.977. The van der Waals surface area contributed by atoms with E-state index in [0.29, 0.717) is 24.3 Å². The van der Waals surface area contributed by atoms with Crippen LogP contribution in [0.3, 0.4) is 0 Å². The minimum absolute atomic E-state index is 0.00526. The quantitative estimate of drug-likeness (QED) is 0.803. The van der Waals surface area contributed by atoms with Crippen LogP contribution in [0.15, 0.2) is 9.59 Å². The predicted octanol–water partition coefficient (Wildman–Crippen LogP) is 1.27. The molecule has 1 aliphatic rings. The van der Waals surface area contributed by atoms with Crippen LogP contribution in [0.25, 0.3) is 0 Å². The average Bonchev–Trinajstić information content (AvgIpc) is 3.15. The molecule has 0 aliphatic carbocycles. The lowest BCUT2D eigenvalue weighted by molar-refractivity contribution is 0.175. The van der Waals surface area contributed by atoms with Gasteiger partial charge in [-0.1, -0.05) is 26.7 Å². The minimum atomic E-state index is -0.548. The van der Waals surface area contributed by atoms with E-state index in [2.05, 4.69) is 24.1 Å². The van der Waals surface area contributed by atoms with Crippen LogP contribution in [0.4, 0.5) is 5.82 Å². The maximum atomic E-state index is 12.2. The van der Waals surface area contributed by atoms with Gasteiger partial charge in [0.05, 0.1) is 0 Å². The van der Waals surface area contributed by atoms with Gasteiger partial charge in [-0.05, 0) is 31.8 Å². The highest BCUT2D eigenvalue weighted by molar-refractivity contribution is 5.51. The Hall–Kier alpha value is -2.07. The smallest absolute Gasteiger partial charge is 0.332 e. The SMILES string of the molecule is CCC(CC)[C@H](CNc1c(C#N)c(=O)n(C)c(=O)n1C)N1CCCC1. The zero-order valence-corrected chi connectivity index (χ0v) is 15.7. The van der Waals surface area contributed by atoms with Crippen LogP contribution < -0.4 is 16.6 Å². The van der Waals surface area contributed by atoms with Crippen molar-refractivity contribution in [2.24, 2.45) is 20.0 Å². The molecule has 1 aromatic rings. The Kier molecular flexibility index (Phi) is 6.43. The summed E-state index contributed by atoms with van der Waals surface area (Å²) in [5, 5.41) is 12.6. The fourth-order valence-corrected chi connectivity index (χ4v) is 3.85. The lowest BCUT2D eigenvalue weighted by Gasteiger charge is -2.34. The van der Waals surface area contributed by atoms with Gasteiger partial charge in [-0.25, -0.2) is 4.79 Å². The van der Waals surface area contributed by atoms with E-state index in [9.17, 15) is 14.9 Å². The number of nitrogens with one attached hydrogen (secondary N) is 1. The lowest BCUT2D eigenvalue weighted by Crippen LogP contribution is -2.45. The molecule has 2 heterocycles. The molecule has 25 heavy (non-hydrogen) atoms. The monoisotopic (exact) mass is 347 g/mol. The molecule has 0 bridgehead atoms. The third kappa shape index (κ3) is 3.79. The summed E-state index contributed by atoms with van der Waals surface area (Å²) in [4.78, 5) is 26.9. The normalized spacial score (nSPS) is 16.2. The van der Waals surface area contributed by atoms with Crippen molar-refractivity contribution >= 4 is 5.82 Å². The third-order valence-corrected chi connectivity index (χ3v) is 5.46. The molecule has 1 atom stereocenters. The summed E-state index contributed by atoms with van der Waals surface area (Å²) in [6, 6.07) is 2.29. The minimum Gasteiger partial charge on any atom is -0.369 e. The van der Waals surface area contributed by atoms with E-state index in [1.807, 2.05) is 6.07 Å². The first-order valence-electron chi connectivity index (χ1n) is 9.14. The molecule has 0 radical (unpaired) electrons. The second-order valence-electron chi connectivity index (χ2n) is 6.81. The number of anilines is 1. The molecule has 1 saturated heterocycles. The lowest BCUT2D eigenvalue weighted by atomic mass is 9.93. The molecular formula is C18H29N5O2. The van der Waals surface area contributed by atoms with Gasteiger partial charge >= 0.3 is 5.69 Å². The van der Waals surface area contributed by atoms with Crippen LogP contribution in [-0.4, -0.2) is 39.7 Å². The molecule has 0 amide bonds. The first-order valence-corrected chi connectivity index (χ1v) is 9.14. The van der Waals surface area contributed by atoms with Crippen molar-refractivity contribution in [3.8, 4) is 6.07 Å². The predicted molar refractivity (Wildman–Crippen MR) is 98.8 cm³/mol. The molecule has 1 aliphatic heterocycles. The van der Waals surface area contributed by atoms with Gasteiger partial charge in [0.2, 0.25) is 0 Å². The Bertz CT molecular complexity index is 746. The Morgan fingerprint density at radius 3 is 2.24 bits per heavy atom. The highest BCUT2D eigenvalue weighted by atomic mass is 16.2. The zero-order valence-electron chi connectivity index (χ0n) is 15.7. The molecule has 0 spiro atoms. The van der Waals surface area contributed by atoms with Crippen LogP contribution >= 0.6 is 0 Å². The number of likely N-dealkylation sites (tertiary alicyclic amines) is 1. The van der Waals surface area contributed by atoms with Crippen molar-refractivity contribution in [2.45, 2.75) is 45.6 Å². The maximum absolute atomic E-state index is 12.2. The van der Waals surface area contributed by atoms with Crippen molar-refractivity contribution in [2.75, 3.05) is 25.0 Å². The van der Waals surface area contributed by atoms with E-state index in [4.69, 9.17) is 0 Å². The van der Waals surface area contributed by atoms with Gasteiger partial charge in [-0.3, -0.25) is 18.8 Å². The first-order chi connectivity index (χ1) is 12.0. The van der Waals surface area contributed by atoms with E-state index in [-0.39, 0.29) is 5.56 Å². The molecule has 1 fully saturated rings. The molecule has 138 valence electrons. The maximum Gasteiger partial charge on any atom is 0.332 e. The first kappa shape index (κ1) is 19.3. The zero-order chi connectivity index (χ0) is 18.6. The van der Waals surface area contributed by atoms with Crippen LogP contribution in [-0.2, 0) is 14.1 Å². The summed E-state index contributed by atoms with van der Waals surface area (Å²) >= 11 is 0. The molecule has 0 saturated carbocycles. The number of aromatic nitrogens is 2. The van der Waals surface area contributed by atoms with Crippen LogP contribution in [0, 0.1) is 17.2 Å². The molecule has 1 aromatic heterocycles. The van der Waals surface area contributed by atoms with E-state index in [0.717, 1.165) is 30.5 Å². The fraction of sp³-hybridized carbons (Fsp3) is 0.722. The van der Waals surface area contributed by atoms with Crippen molar-refractivity contribution in [1.82, 2.24) is 14.0 Å². The molecule has 7 nitrogen and oxygen atoms in total. The van der Waals surface area contributed by atoms with Gasteiger partial charge in [-0.2, -0.15) is 5.26 Å². The fourth-order valence-electron chi connectivity index (χ4n) is 3.85. The summed E-state index contributed by atoms with van der Waals surface area (Å²) in [5.74, 6) is 0.866. The Morgan fingerprint density at radius 1 is 1.12 bits per heavy atom. The van der Waals surface area contributed by atoms with Crippen molar-refractivity contribution < 1.29 is 0 Å². The van der Waals surface area contributed by atoms with Crippen LogP contribution in [0.1, 0.15) is 45.1 Å². The van der Waals surface area contributed by atoms with Crippen LogP contribution in [0.5, 0.6) is 0 Å². The van der Waals surface area contributed by atoms with Gasteiger partial charge in [0.25, 0.3) is 5.56 Å². The Labute approximate surface area is 148 Å². The van der Waals surface area contributed by atoms with Crippen molar-refractivity contribution in [1.29, 1.82) is 5.26 Å². The van der Waals surface area contributed by atoms with E-state index in [1.54, 1.807) is 7.05 Å². The van der Waals surface area contributed by atoms with E-state index >= 15 is 0 Å². The highest BCUT2D eigenvalue weighted by Gasteiger charge is 2.28. The molecule has 2 rings (SSSR count). The number of nitrogens with zero attached hydrogens (tertiary/aromatic N) is 4. The highest BCUT2D eigenvalue weighted by Crippen LogP contribution is 2.23. The molecular weight excluding hydrogens is 318 g/mol. The van der Waals surface area contributed by atoms with Crippen LogP contribution in [0.2, 0.25) is 0 Å². The molecule has 7 heteroatoms. The molecule has 0 aromatic carbocycles. The summed E-state index contributed by atoms with van der Waals surface area (Å²) in [6.07, 6.45) is 4.59. The summed E-state index contributed by atoms with van der Waals surface area (Å²) < 4.78 is 2.33. The van der Waals surface area contributed by atoms with Gasteiger partial charge in [-0.15, -0.1) is 0 Å². The largest absolute Gasteiger partial charge is 0.369 e. The van der Waals surface area contributed by atoms with E-state index in [1.165, 1.54) is 24.5 Å². The van der Waals surface area contributed by atoms with Gasteiger partial charge in [0.1, 0.15) is 11.9 Å². The number of hydrogen-bond donors (Lipinski definition) is 1. The number of nitriles is 1. The number of hydrogen-bond acceptors (Lipinski definition) is 5. The summed E-state index contributed by atoms with van der Waals surface area (Å²) in [7, 11) is 2.99. The van der Waals surface area contributed by atoms with Gasteiger partial charge in [0.15, 0.2) is 5.56 Å². The van der Waals surface area contributed by atoms with Gasteiger partial charge < -0.3 is 5.32 Å². The summed E-state index contributed by atoms with van der Waals surface area (Å²) in [6.45, 7) is 7.20. The average molecular weight is 347 g/mol. The van der Waals surface area contributed by atoms with Crippen molar-refractivity contribution in [3.05, 3.63) is 26.4 Å².